The summed E-state index contributed by atoms with van der Waals surface area (Å²) in [4.78, 5) is 13.7. The summed E-state index contributed by atoms with van der Waals surface area (Å²) < 4.78 is 3.95. The van der Waals surface area contributed by atoms with Crippen LogP contribution in [0.15, 0.2) is 0 Å². The number of rotatable bonds is 2. The number of halogens is 1. The lowest BCUT2D eigenvalue weighted by atomic mass is 10.4. The largest absolute Gasteiger partial charge is 0.481 e. The highest BCUT2D eigenvalue weighted by molar-refractivity contribution is 7.10. The van der Waals surface area contributed by atoms with E-state index in [9.17, 15) is 4.79 Å². The molecule has 54 valence electrons. The Morgan fingerprint density at radius 1 is 1.80 bits per heavy atom. The SMILES string of the molecule is O=C(O)Cc1nsc(Cl)n1. The first-order valence-corrected chi connectivity index (χ1v) is 3.53. The van der Waals surface area contributed by atoms with Crippen LogP contribution in [0.5, 0.6) is 0 Å². The number of nitrogens with zero attached hydrogens (tertiary/aromatic N) is 2. The van der Waals surface area contributed by atoms with E-state index in [0.29, 0.717) is 0 Å². The van der Waals surface area contributed by atoms with Gasteiger partial charge in [0.05, 0.1) is 0 Å². The van der Waals surface area contributed by atoms with Gasteiger partial charge in [-0.1, -0.05) is 0 Å². The number of hydrogen-bond acceptors (Lipinski definition) is 4. The Balaban J connectivity index is 2.67. The van der Waals surface area contributed by atoms with Gasteiger partial charge < -0.3 is 5.11 Å². The van der Waals surface area contributed by atoms with Gasteiger partial charge in [0.2, 0.25) is 4.47 Å². The van der Waals surface area contributed by atoms with Crippen LogP contribution in [-0.2, 0) is 11.2 Å². The maximum absolute atomic E-state index is 10.1. The van der Waals surface area contributed by atoms with E-state index in [4.69, 9.17) is 16.7 Å². The second kappa shape index (κ2) is 2.94. The van der Waals surface area contributed by atoms with E-state index in [1.54, 1.807) is 0 Å². The lowest BCUT2D eigenvalue weighted by molar-refractivity contribution is -0.136. The summed E-state index contributed by atoms with van der Waals surface area (Å²) in [5.41, 5.74) is 0. The summed E-state index contributed by atoms with van der Waals surface area (Å²) in [5, 5.41) is 8.26. The number of carboxylic acid groups (broad SMARTS) is 1. The molecule has 0 aliphatic rings. The zero-order chi connectivity index (χ0) is 7.56. The van der Waals surface area contributed by atoms with Gasteiger partial charge in [-0.3, -0.25) is 4.79 Å². The van der Waals surface area contributed by atoms with Gasteiger partial charge in [-0.25, -0.2) is 4.98 Å². The third-order valence-electron chi connectivity index (χ3n) is 0.753. The van der Waals surface area contributed by atoms with Crippen LogP contribution in [-0.4, -0.2) is 20.4 Å². The van der Waals surface area contributed by atoms with Crippen molar-refractivity contribution in [2.24, 2.45) is 0 Å². The summed E-state index contributed by atoms with van der Waals surface area (Å²) in [6, 6.07) is 0. The maximum atomic E-state index is 10.1. The summed E-state index contributed by atoms with van der Waals surface area (Å²) in [6.07, 6.45) is -0.163. The third-order valence-corrected chi connectivity index (χ3v) is 1.59. The molecular weight excluding hydrogens is 176 g/mol. The molecule has 1 N–H and O–H groups in total. The van der Waals surface area contributed by atoms with Crippen LogP contribution >= 0.6 is 23.1 Å². The van der Waals surface area contributed by atoms with Crippen LogP contribution in [0.1, 0.15) is 5.82 Å². The van der Waals surface area contributed by atoms with Crippen LogP contribution in [0.2, 0.25) is 4.47 Å². The summed E-state index contributed by atoms with van der Waals surface area (Å²) in [7, 11) is 0. The molecule has 0 aliphatic heterocycles. The fourth-order valence-electron chi connectivity index (χ4n) is 0.440. The van der Waals surface area contributed by atoms with Gasteiger partial charge in [-0.05, 0) is 23.1 Å². The van der Waals surface area contributed by atoms with Crippen molar-refractivity contribution in [3.8, 4) is 0 Å². The van der Waals surface area contributed by atoms with Gasteiger partial charge in [0.25, 0.3) is 0 Å². The smallest absolute Gasteiger partial charge is 0.311 e. The van der Waals surface area contributed by atoms with Crippen LogP contribution < -0.4 is 0 Å². The molecule has 0 atom stereocenters. The van der Waals surface area contributed by atoms with Crippen LogP contribution in [0.4, 0.5) is 0 Å². The molecule has 0 saturated carbocycles. The zero-order valence-electron chi connectivity index (χ0n) is 4.74. The molecule has 0 bridgehead atoms. The monoisotopic (exact) mass is 178 g/mol. The summed E-state index contributed by atoms with van der Waals surface area (Å²) >= 11 is 6.38. The van der Waals surface area contributed by atoms with Gasteiger partial charge in [-0.2, -0.15) is 4.37 Å². The average Bonchev–Trinajstić information content (AvgIpc) is 2.13. The lowest BCUT2D eigenvalue weighted by Crippen LogP contribution is -2.01. The third kappa shape index (κ3) is 1.93. The quantitative estimate of drug-likeness (QED) is 0.728. The van der Waals surface area contributed by atoms with Crippen molar-refractivity contribution in [3.05, 3.63) is 10.3 Å². The van der Waals surface area contributed by atoms with E-state index in [-0.39, 0.29) is 16.7 Å². The standard InChI is InChI=1S/C4H3ClN2O2S/c5-4-6-2(7-10-4)1-3(8)9/h1H2,(H,8,9). The first kappa shape index (κ1) is 7.43. The Hall–Kier alpha value is -0.680. The van der Waals surface area contributed by atoms with Crippen molar-refractivity contribution in [1.29, 1.82) is 0 Å². The molecule has 0 radical (unpaired) electrons. The summed E-state index contributed by atoms with van der Waals surface area (Å²) in [6.45, 7) is 0. The molecule has 0 unspecified atom stereocenters. The Morgan fingerprint density at radius 3 is 2.90 bits per heavy atom. The molecule has 0 aromatic carbocycles. The van der Waals surface area contributed by atoms with Crippen LogP contribution in [0.3, 0.4) is 0 Å². The molecule has 0 amide bonds. The molecule has 1 heterocycles. The van der Waals surface area contributed by atoms with Crippen molar-refractivity contribution in [3.63, 3.8) is 0 Å². The molecule has 1 aromatic heterocycles. The number of carbonyl (C=O) groups is 1. The van der Waals surface area contributed by atoms with Crippen molar-refractivity contribution < 1.29 is 9.90 Å². The van der Waals surface area contributed by atoms with Crippen molar-refractivity contribution in [2.75, 3.05) is 0 Å². The molecule has 6 heteroatoms. The predicted octanol–water partition coefficient (Wildman–Crippen LogP) is 0.819. The normalized spacial score (nSPS) is 9.70. The summed E-state index contributed by atoms with van der Waals surface area (Å²) in [5.74, 6) is -0.683. The van der Waals surface area contributed by atoms with Gasteiger partial charge in [0.1, 0.15) is 6.42 Å². The van der Waals surface area contributed by atoms with Crippen molar-refractivity contribution >= 4 is 29.1 Å². The predicted molar refractivity (Wildman–Crippen MR) is 36.3 cm³/mol. The molecule has 4 nitrogen and oxygen atoms in total. The molecule has 1 aromatic rings. The van der Waals surface area contributed by atoms with Gasteiger partial charge in [0.15, 0.2) is 5.82 Å². The number of aromatic nitrogens is 2. The zero-order valence-corrected chi connectivity index (χ0v) is 6.32. The van der Waals surface area contributed by atoms with E-state index < -0.39 is 5.97 Å². The Labute approximate surface area is 65.6 Å². The second-order valence-corrected chi connectivity index (χ2v) is 2.87. The first-order chi connectivity index (χ1) is 4.68. The van der Waals surface area contributed by atoms with E-state index in [0.717, 1.165) is 11.5 Å². The first-order valence-electron chi connectivity index (χ1n) is 2.38. The van der Waals surface area contributed by atoms with E-state index in [1.807, 2.05) is 0 Å². The Morgan fingerprint density at radius 2 is 2.50 bits per heavy atom. The lowest BCUT2D eigenvalue weighted by Gasteiger charge is -1.83. The molecule has 0 saturated heterocycles. The number of hydrogen-bond donors (Lipinski definition) is 1. The molecule has 0 aliphatic carbocycles. The minimum Gasteiger partial charge on any atom is -0.481 e. The maximum Gasteiger partial charge on any atom is 0.311 e. The highest BCUT2D eigenvalue weighted by atomic mass is 35.5. The molecule has 0 fully saturated rings. The number of aliphatic carboxylic acids is 1. The Bertz CT molecular complexity index is 249. The second-order valence-electron chi connectivity index (χ2n) is 1.53. The topological polar surface area (TPSA) is 63.1 Å². The fraction of sp³-hybridized carbons (Fsp3) is 0.250. The van der Waals surface area contributed by atoms with Gasteiger partial charge in [-0.15, -0.1) is 0 Å². The highest BCUT2D eigenvalue weighted by Crippen LogP contribution is 2.10. The van der Waals surface area contributed by atoms with Gasteiger partial charge >= 0.3 is 5.97 Å². The minimum absolute atomic E-state index is 0.163. The molecule has 10 heavy (non-hydrogen) atoms. The Kier molecular flexibility index (Phi) is 2.18. The highest BCUT2D eigenvalue weighted by Gasteiger charge is 2.05. The van der Waals surface area contributed by atoms with Crippen molar-refractivity contribution in [1.82, 2.24) is 9.36 Å². The van der Waals surface area contributed by atoms with Gasteiger partial charge in [0, 0.05) is 0 Å². The average molecular weight is 179 g/mol. The van der Waals surface area contributed by atoms with E-state index >= 15 is 0 Å². The van der Waals surface area contributed by atoms with Crippen LogP contribution in [0.25, 0.3) is 0 Å². The van der Waals surface area contributed by atoms with E-state index in [2.05, 4.69) is 9.36 Å². The van der Waals surface area contributed by atoms with Crippen molar-refractivity contribution in [2.45, 2.75) is 6.42 Å². The molecule has 1 rings (SSSR count). The minimum atomic E-state index is -0.950. The van der Waals surface area contributed by atoms with E-state index in [1.165, 1.54) is 0 Å². The van der Waals surface area contributed by atoms with Crippen LogP contribution in [0, 0.1) is 0 Å². The molecular formula is C4H3ClN2O2S. The fourth-order valence-corrected chi connectivity index (χ4v) is 1.07. The molecule has 0 spiro atoms. The number of carboxylic acids is 1.